The van der Waals surface area contributed by atoms with Gasteiger partial charge in [0.2, 0.25) is 0 Å². The number of aldehydes is 1. The molecule has 2 rings (SSSR count). The van der Waals surface area contributed by atoms with Crippen molar-refractivity contribution in [3.05, 3.63) is 34.3 Å². The van der Waals surface area contributed by atoms with Crippen molar-refractivity contribution in [1.82, 2.24) is 9.78 Å². The fourth-order valence-corrected chi connectivity index (χ4v) is 1.77. The summed E-state index contributed by atoms with van der Waals surface area (Å²) in [6.07, 6.45) is 0.603. The van der Waals surface area contributed by atoms with Crippen LogP contribution in [0.15, 0.2) is 28.7 Å². The van der Waals surface area contributed by atoms with Gasteiger partial charge in [-0.2, -0.15) is 0 Å². The second-order valence-corrected chi connectivity index (χ2v) is 4.11. The van der Waals surface area contributed by atoms with Crippen molar-refractivity contribution in [2.24, 2.45) is 0 Å². The molecule has 0 radical (unpaired) electrons. The molecular weight excluding hydrogens is 272 g/mol. The van der Waals surface area contributed by atoms with E-state index in [-0.39, 0.29) is 17.2 Å². The summed E-state index contributed by atoms with van der Waals surface area (Å²) in [4.78, 5) is 10.7. The monoisotopic (exact) mass is 280 g/mol. The van der Waals surface area contributed by atoms with Crippen molar-refractivity contribution in [3.63, 3.8) is 0 Å². The first-order valence-electron chi connectivity index (χ1n) is 4.48. The Balaban J connectivity index is 2.61. The van der Waals surface area contributed by atoms with Gasteiger partial charge in [-0.25, -0.2) is 4.68 Å². The summed E-state index contributed by atoms with van der Waals surface area (Å²) in [6.45, 7) is 0. The van der Waals surface area contributed by atoms with E-state index in [0.29, 0.717) is 6.29 Å². The summed E-state index contributed by atoms with van der Waals surface area (Å²) in [7, 11) is 0. The van der Waals surface area contributed by atoms with E-state index in [4.69, 9.17) is 11.5 Å². The molecule has 16 heavy (non-hydrogen) atoms. The predicted molar refractivity (Wildman–Crippen MR) is 65.5 cm³/mol. The molecule has 1 aromatic carbocycles. The zero-order valence-corrected chi connectivity index (χ0v) is 9.81. The van der Waals surface area contributed by atoms with Crippen molar-refractivity contribution in [2.75, 3.05) is 11.5 Å². The molecule has 0 unspecified atom stereocenters. The van der Waals surface area contributed by atoms with Gasteiger partial charge in [0.05, 0.1) is 5.69 Å². The first-order valence-corrected chi connectivity index (χ1v) is 5.28. The lowest BCUT2D eigenvalue weighted by atomic mass is 10.3. The van der Waals surface area contributed by atoms with Gasteiger partial charge in [-0.3, -0.25) is 4.79 Å². The van der Waals surface area contributed by atoms with Crippen LogP contribution in [-0.4, -0.2) is 16.1 Å². The Hall–Kier alpha value is -1.82. The molecule has 6 heteroatoms. The molecule has 5 nitrogen and oxygen atoms in total. The number of nitrogens with zero attached hydrogens (tertiary/aromatic N) is 2. The predicted octanol–water partition coefficient (Wildman–Crippen LogP) is 1.61. The summed E-state index contributed by atoms with van der Waals surface area (Å²) < 4.78 is 2.33. The van der Waals surface area contributed by atoms with Crippen LogP contribution in [0.1, 0.15) is 10.4 Å². The third-order valence-electron chi connectivity index (χ3n) is 2.16. The Bertz CT molecular complexity index is 550. The Morgan fingerprint density at radius 1 is 1.38 bits per heavy atom. The van der Waals surface area contributed by atoms with Crippen LogP contribution in [0.25, 0.3) is 5.69 Å². The summed E-state index contributed by atoms with van der Waals surface area (Å²) in [6, 6.07) is 7.38. The number of benzene rings is 1. The van der Waals surface area contributed by atoms with Crippen LogP contribution in [0, 0.1) is 0 Å². The lowest BCUT2D eigenvalue weighted by molar-refractivity contribution is 0.112. The first kappa shape index (κ1) is 10.7. The maximum Gasteiger partial charge on any atom is 0.158 e. The zero-order valence-electron chi connectivity index (χ0n) is 8.22. The standard InChI is InChI=1S/C10H9BrN4O/c11-6-2-1-3-7(4-6)15-10(13)8(5-16)9(12)14-15/h1-5H,13H2,(H2,12,14). The maximum atomic E-state index is 10.7. The van der Waals surface area contributed by atoms with Crippen molar-refractivity contribution in [3.8, 4) is 5.69 Å². The molecule has 0 amide bonds. The van der Waals surface area contributed by atoms with Gasteiger partial charge in [0.1, 0.15) is 11.4 Å². The SMILES string of the molecule is Nc1nn(-c2cccc(Br)c2)c(N)c1C=O. The van der Waals surface area contributed by atoms with Gasteiger partial charge >= 0.3 is 0 Å². The normalized spacial score (nSPS) is 10.3. The molecule has 0 bridgehead atoms. The summed E-state index contributed by atoms with van der Waals surface area (Å²) in [5.41, 5.74) is 12.3. The molecule has 0 aliphatic heterocycles. The van der Waals surface area contributed by atoms with Crippen molar-refractivity contribution >= 4 is 33.9 Å². The van der Waals surface area contributed by atoms with Crippen LogP contribution in [0.2, 0.25) is 0 Å². The number of nitrogens with two attached hydrogens (primary N) is 2. The van der Waals surface area contributed by atoms with Crippen molar-refractivity contribution in [2.45, 2.75) is 0 Å². The van der Waals surface area contributed by atoms with Crippen LogP contribution in [0.3, 0.4) is 0 Å². The number of carbonyl (C=O) groups is 1. The number of aromatic nitrogens is 2. The third-order valence-corrected chi connectivity index (χ3v) is 2.65. The van der Waals surface area contributed by atoms with Crippen molar-refractivity contribution < 1.29 is 4.79 Å². The second kappa shape index (κ2) is 3.97. The maximum absolute atomic E-state index is 10.7. The van der Waals surface area contributed by atoms with E-state index in [1.54, 1.807) is 0 Å². The molecule has 0 atom stereocenters. The van der Waals surface area contributed by atoms with E-state index in [0.717, 1.165) is 10.2 Å². The van der Waals surface area contributed by atoms with Gasteiger partial charge in [-0.1, -0.05) is 22.0 Å². The molecule has 0 fully saturated rings. The highest BCUT2D eigenvalue weighted by Crippen LogP contribution is 2.22. The van der Waals surface area contributed by atoms with Gasteiger partial charge in [-0.15, -0.1) is 5.10 Å². The number of hydrogen-bond donors (Lipinski definition) is 2. The number of rotatable bonds is 2. The molecule has 0 saturated carbocycles. The average Bonchev–Trinajstić information content (AvgIpc) is 2.54. The van der Waals surface area contributed by atoms with Gasteiger partial charge in [0, 0.05) is 4.47 Å². The molecular formula is C10H9BrN4O. The third kappa shape index (κ3) is 1.67. The number of anilines is 2. The van der Waals surface area contributed by atoms with Gasteiger partial charge in [-0.05, 0) is 18.2 Å². The summed E-state index contributed by atoms with van der Waals surface area (Å²) in [5.74, 6) is 0.373. The van der Waals surface area contributed by atoms with Gasteiger partial charge in [0.15, 0.2) is 12.1 Å². The Labute approximate surface area is 100 Å². The number of hydrogen-bond acceptors (Lipinski definition) is 4. The molecule has 0 aliphatic rings. The topological polar surface area (TPSA) is 86.9 Å². The zero-order chi connectivity index (χ0) is 11.7. The molecule has 1 heterocycles. The smallest absolute Gasteiger partial charge is 0.158 e. The molecule has 0 spiro atoms. The van der Waals surface area contributed by atoms with Gasteiger partial charge < -0.3 is 11.5 Å². The summed E-state index contributed by atoms with van der Waals surface area (Å²) in [5, 5.41) is 4.01. The lowest BCUT2D eigenvalue weighted by Crippen LogP contribution is -2.02. The molecule has 1 aromatic heterocycles. The van der Waals surface area contributed by atoms with Crippen LogP contribution in [-0.2, 0) is 0 Å². The Morgan fingerprint density at radius 2 is 2.12 bits per heavy atom. The minimum absolute atomic E-state index is 0.132. The highest BCUT2D eigenvalue weighted by Gasteiger charge is 2.13. The van der Waals surface area contributed by atoms with E-state index >= 15 is 0 Å². The van der Waals surface area contributed by atoms with E-state index in [1.165, 1.54) is 4.68 Å². The minimum Gasteiger partial charge on any atom is -0.383 e. The fourth-order valence-electron chi connectivity index (χ4n) is 1.39. The Kier molecular flexibility index (Phi) is 2.66. The van der Waals surface area contributed by atoms with Crippen molar-refractivity contribution in [1.29, 1.82) is 0 Å². The van der Waals surface area contributed by atoms with E-state index in [1.807, 2.05) is 24.3 Å². The molecule has 0 aliphatic carbocycles. The summed E-state index contributed by atoms with van der Waals surface area (Å²) >= 11 is 3.34. The molecule has 0 saturated heterocycles. The van der Waals surface area contributed by atoms with Crippen LogP contribution >= 0.6 is 15.9 Å². The number of halogens is 1. The molecule has 82 valence electrons. The van der Waals surface area contributed by atoms with Crippen LogP contribution in [0.5, 0.6) is 0 Å². The highest BCUT2D eigenvalue weighted by molar-refractivity contribution is 9.10. The highest BCUT2D eigenvalue weighted by atomic mass is 79.9. The van der Waals surface area contributed by atoms with Crippen LogP contribution in [0.4, 0.5) is 11.6 Å². The second-order valence-electron chi connectivity index (χ2n) is 3.19. The minimum atomic E-state index is 0.132. The van der Waals surface area contributed by atoms with E-state index < -0.39 is 0 Å². The van der Waals surface area contributed by atoms with E-state index in [2.05, 4.69) is 21.0 Å². The molecule has 4 N–H and O–H groups in total. The average molecular weight is 281 g/mol. The first-order chi connectivity index (χ1) is 7.63. The number of nitrogen functional groups attached to an aromatic ring is 2. The van der Waals surface area contributed by atoms with Crippen LogP contribution < -0.4 is 11.5 Å². The fraction of sp³-hybridized carbons (Fsp3) is 0. The quantitative estimate of drug-likeness (QED) is 0.819. The molecule has 2 aromatic rings. The van der Waals surface area contributed by atoms with Gasteiger partial charge in [0.25, 0.3) is 0 Å². The van der Waals surface area contributed by atoms with E-state index in [9.17, 15) is 4.79 Å². The Morgan fingerprint density at radius 3 is 2.69 bits per heavy atom. The largest absolute Gasteiger partial charge is 0.383 e. The lowest BCUT2D eigenvalue weighted by Gasteiger charge is -2.03. The number of carbonyl (C=O) groups excluding carboxylic acids is 1.